The summed E-state index contributed by atoms with van der Waals surface area (Å²) in [5, 5.41) is 19.8. The van der Waals surface area contributed by atoms with Crippen LogP contribution in [-0.2, 0) is 17.6 Å². The van der Waals surface area contributed by atoms with Crippen molar-refractivity contribution >= 4 is 22.8 Å². The van der Waals surface area contributed by atoms with E-state index in [4.69, 9.17) is 4.74 Å². The first-order chi connectivity index (χ1) is 14.6. The van der Waals surface area contributed by atoms with E-state index in [2.05, 4.69) is 36.7 Å². The van der Waals surface area contributed by atoms with Gasteiger partial charge in [0.15, 0.2) is 0 Å². The Kier molecular flexibility index (Phi) is 6.39. The van der Waals surface area contributed by atoms with Crippen LogP contribution in [0, 0.1) is 12.8 Å². The van der Waals surface area contributed by atoms with Crippen molar-refractivity contribution in [3.8, 4) is 5.75 Å². The van der Waals surface area contributed by atoms with Crippen LogP contribution in [0.25, 0.3) is 10.9 Å². The van der Waals surface area contributed by atoms with Crippen molar-refractivity contribution in [3.63, 3.8) is 0 Å². The summed E-state index contributed by atoms with van der Waals surface area (Å²) in [5.41, 5.74) is 4.92. The van der Waals surface area contributed by atoms with Crippen molar-refractivity contribution in [2.24, 2.45) is 5.92 Å². The molecular formula is C25H29NO5. The maximum Gasteiger partial charge on any atom is 0.336 e. The number of ether oxygens (including phenoxy) is 1. The van der Waals surface area contributed by atoms with Crippen molar-refractivity contribution in [2.45, 2.75) is 46.6 Å². The average Bonchev–Trinajstić information content (AvgIpc) is 3.06. The van der Waals surface area contributed by atoms with Crippen LogP contribution in [-0.4, -0.2) is 33.8 Å². The van der Waals surface area contributed by atoms with Gasteiger partial charge in [-0.25, -0.2) is 4.79 Å². The topological polar surface area (TPSA) is 88.8 Å². The lowest BCUT2D eigenvalue weighted by atomic mass is 9.96. The summed E-state index contributed by atoms with van der Waals surface area (Å²) in [6.45, 7) is 7.71. The number of nitrogens with zero attached hydrogens (tertiary/aromatic N) is 1. The van der Waals surface area contributed by atoms with Gasteiger partial charge in [0.2, 0.25) is 0 Å². The van der Waals surface area contributed by atoms with Gasteiger partial charge in [-0.05, 0) is 62.1 Å². The van der Waals surface area contributed by atoms with E-state index in [1.54, 1.807) is 27.0 Å². The van der Waals surface area contributed by atoms with Crippen LogP contribution in [0.1, 0.15) is 59.4 Å². The van der Waals surface area contributed by atoms with Gasteiger partial charge in [-0.1, -0.05) is 19.1 Å². The Bertz CT molecular complexity index is 1140. The summed E-state index contributed by atoms with van der Waals surface area (Å²) in [6.07, 6.45) is 3.17. The predicted molar refractivity (Wildman–Crippen MR) is 120 cm³/mol. The Morgan fingerprint density at radius 1 is 1.06 bits per heavy atom. The molecule has 0 radical (unpaired) electrons. The zero-order chi connectivity index (χ0) is 22.9. The highest BCUT2D eigenvalue weighted by Gasteiger charge is 2.19. The molecule has 6 heteroatoms. The second-order valence-electron chi connectivity index (χ2n) is 8.36. The second kappa shape index (κ2) is 8.84. The summed E-state index contributed by atoms with van der Waals surface area (Å²) in [7, 11) is 1.56. The Morgan fingerprint density at radius 3 is 2.35 bits per heavy atom. The number of fused-ring (bicyclic) bond motifs is 1. The molecule has 0 spiro atoms. The molecule has 31 heavy (non-hydrogen) atoms. The van der Waals surface area contributed by atoms with Crippen LogP contribution < -0.4 is 4.74 Å². The molecule has 0 amide bonds. The van der Waals surface area contributed by atoms with Crippen LogP contribution in [0.2, 0.25) is 0 Å². The number of aromatic nitrogens is 1. The number of aliphatic carboxylic acids is 1. The summed E-state index contributed by atoms with van der Waals surface area (Å²) < 4.78 is 7.78. The highest BCUT2D eigenvalue weighted by molar-refractivity contribution is 5.90. The first kappa shape index (κ1) is 22.4. The molecule has 3 rings (SSSR count). The SMILES string of the molecule is COc1c(Cc2cn(C(C)C)c3ccc(CC(C)C(=O)O)cc23)ccc(C(=O)O)c1C. The monoisotopic (exact) mass is 423 g/mol. The highest BCUT2D eigenvalue weighted by atomic mass is 16.5. The predicted octanol–water partition coefficient (Wildman–Crippen LogP) is 5.09. The Balaban J connectivity index is 2.10. The van der Waals surface area contributed by atoms with Crippen LogP contribution in [0.15, 0.2) is 36.5 Å². The van der Waals surface area contributed by atoms with Gasteiger partial charge < -0.3 is 19.5 Å². The smallest absolute Gasteiger partial charge is 0.336 e. The number of carbonyl (C=O) groups is 2. The molecule has 1 atom stereocenters. The lowest BCUT2D eigenvalue weighted by Gasteiger charge is -2.13. The standard InChI is InChI=1S/C25H29NO5/c1-14(2)26-13-19(12-18-7-8-20(25(29)30)16(4)23(18)31-5)21-11-17(6-9-22(21)26)10-15(3)24(27)28/h6-9,11,13-15H,10,12H2,1-5H3,(H,27,28)(H,29,30). The van der Waals surface area contributed by atoms with Gasteiger partial charge in [0.1, 0.15) is 5.75 Å². The van der Waals surface area contributed by atoms with Crippen molar-refractivity contribution in [3.05, 3.63) is 64.3 Å². The first-order valence-electron chi connectivity index (χ1n) is 10.4. The summed E-state index contributed by atoms with van der Waals surface area (Å²) in [5.74, 6) is -1.66. The molecule has 6 nitrogen and oxygen atoms in total. The van der Waals surface area contributed by atoms with E-state index < -0.39 is 17.9 Å². The molecule has 3 aromatic rings. The number of carboxylic acids is 2. The van der Waals surface area contributed by atoms with Gasteiger partial charge >= 0.3 is 11.9 Å². The molecule has 0 aliphatic rings. The fourth-order valence-electron chi connectivity index (χ4n) is 4.12. The van der Waals surface area contributed by atoms with Gasteiger partial charge in [-0.3, -0.25) is 4.79 Å². The van der Waals surface area contributed by atoms with E-state index in [9.17, 15) is 19.8 Å². The van der Waals surface area contributed by atoms with E-state index in [1.807, 2.05) is 12.1 Å². The number of carboxylic acid groups (broad SMARTS) is 2. The molecule has 0 fully saturated rings. The molecule has 0 saturated carbocycles. The normalized spacial score (nSPS) is 12.3. The zero-order valence-electron chi connectivity index (χ0n) is 18.6. The number of benzene rings is 2. The van der Waals surface area contributed by atoms with Crippen LogP contribution in [0.4, 0.5) is 0 Å². The van der Waals surface area contributed by atoms with Crippen LogP contribution in [0.5, 0.6) is 5.75 Å². The van der Waals surface area contributed by atoms with Crippen molar-refractivity contribution in [1.29, 1.82) is 0 Å². The molecule has 0 aliphatic carbocycles. The maximum atomic E-state index is 11.5. The molecule has 1 aromatic heterocycles. The van der Waals surface area contributed by atoms with Gasteiger partial charge in [-0.2, -0.15) is 0 Å². The maximum absolute atomic E-state index is 11.5. The lowest BCUT2D eigenvalue weighted by Crippen LogP contribution is -2.12. The largest absolute Gasteiger partial charge is 0.496 e. The molecule has 164 valence electrons. The minimum Gasteiger partial charge on any atom is -0.496 e. The van der Waals surface area contributed by atoms with Crippen molar-refractivity contribution in [2.75, 3.05) is 7.11 Å². The fraction of sp³-hybridized carbons (Fsp3) is 0.360. The molecule has 1 heterocycles. The molecule has 0 saturated heterocycles. The van der Waals surface area contributed by atoms with Crippen molar-refractivity contribution in [1.82, 2.24) is 4.57 Å². The number of rotatable bonds is 8. The Hall–Kier alpha value is -3.28. The van der Waals surface area contributed by atoms with Gasteiger partial charge in [0, 0.05) is 35.1 Å². The fourth-order valence-corrected chi connectivity index (χ4v) is 4.12. The zero-order valence-corrected chi connectivity index (χ0v) is 18.6. The number of aromatic carboxylic acids is 1. The van der Waals surface area contributed by atoms with E-state index >= 15 is 0 Å². The molecule has 1 unspecified atom stereocenters. The Labute approximate surface area is 182 Å². The highest BCUT2D eigenvalue weighted by Crippen LogP contribution is 2.33. The second-order valence-corrected chi connectivity index (χ2v) is 8.36. The molecule has 0 bridgehead atoms. The molecule has 0 aliphatic heterocycles. The third-order valence-corrected chi connectivity index (χ3v) is 5.80. The van der Waals surface area contributed by atoms with Gasteiger partial charge in [0.05, 0.1) is 18.6 Å². The van der Waals surface area contributed by atoms with E-state index in [0.717, 1.165) is 27.6 Å². The minimum atomic E-state index is -0.976. The van der Waals surface area contributed by atoms with Crippen molar-refractivity contribution < 1.29 is 24.5 Å². The average molecular weight is 424 g/mol. The third-order valence-electron chi connectivity index (χ3n) is 5.80. The summed E-state index contributed by atoms with van der Waals surface area (Å²) in [4.78, 5) is 22.8. The minimum absolute atomic E-state index is 0.232. The molecular weight excluding hydrogens is 394 g/mol. The number of hydrogen-bond donors (Lipinski definition) is 2. The Morgan fingerprint density at radius 2 is 1.77 bits per heavy atom. The van der Waals surface area contributed by atoms with E-state index in [1.165, 1.54) is 0 Å². The summed E-state index contributed by atoms with van der Waals surface area (Å²) in [6, 6.07) is 9.82. The number of hydrogen-bond acceptors (Lipinski definition) is 3. The van der Waals surface area contributed by atoms with Gasteiger partial charge in [-0.15, -0.1) is 0 Å². The van der Waals surface area contributed by atoms with E-state index in [-0.39, 0.29) is 11.6 Å². The third kappa shape index (κ3) is 4.43. The van der Waals surface area contributed by atoms with Crippen LogP contribution >= 0.6 is 0 Å². The van der Waals surface area contributed by atoms with Gasteiger partial charge in [0.25, 0.3) is 0 Å². The van der Waals surface area contributed by atoms with E-state index in [0.29, 0.717) is 24.2 Å². The van der Waals surface area contributed by atoms with Crippen LogP contribution in [0.3, 0.4) is 0 Å². The molecule has 2 aromatic carbocycles. The quantitative estimate of drug-likeness (QED) is 0.527. The number of methoxy groups -OCH3 is 1. The summed E-state index contributed by atoms with van der Waals surface area (Å²) >= 11 is 0. The molecule has 2 N–H and O–H groups in total. The lowest BCUT2D eigenvalue weighted by molar-refractivity contribution is -0.141. The first-order valence-corrected chi connectivity index (χ1v) is 10.4.